The molecule has 0 unspecified atom stereocenters. The predicted molar refractivity (Wildman–Crippen MR) is 103 cm³/mol. The molecule has 138 valence electrons. The smallest absolute Gasteiger partial charge is 0.0958 e. The van der Waals surface area contributed by atoms with Gasteiger partial charge in [-0.2, -0.15) is 5.10 Å². The molecule has 0 amide bonds. The number of aryl methyl sites for hydroxylation is 2. The third-order valence-corrected chi connectivity index (χ3v) is 5.37. The Morgan fingerprint density at radius 2 is 2.27 bits per heavy atom. The number of aliphatic hydroxyl groups is 1. The predicted octanol–water partition coefficient (Wildman–Crippen LogP) is 2.98. The number of rotatable bonds is 5. The van der Waals surface area contributed by atoms with Crippen LogP contribution in [0.1, 0.15) is 25.7 Å². The van der Waals surface area contributed by atoms with Gasteiger partial charge in [-0.05, 0) is 44.4 Å². The van der Waals surface area contributed by atoms with Crippen molar-refractivity contribution in [3.63, 3.8) is 0 Å². The lowest BCUT2D eigenvalue weighted by Gasteiger charge is -2.29. The normalized spacial score (nSPS) is 20.7. The molecule has 7 heteroatoms. The summed E-state index contributed by atoms with van der Waals surface area (Å²) in [5.41, 5.74) is 4.06. The molecule has 1 aliphatic heterocycles. The fraction of sp³-hybridized carbons (Fsp3) is 0.474. The fourth-order valence-corrected chi connectivity index (χ4v) is 4.05. The lowest BCUT2D eigenvalue weighted by molar-refractivity contribution is 0.0909. The van der Waals surface area contributed by atoms with Crippen LogP contribution in [0.5, 0.6) is 0 Å². The molecular formula is C19H24ClN5O. The van der Waals surface area contributed by atoms with E-state index in [0.717, 1.165) is 60.9 Å². The van der Waals surface area contributed by atoms with Gasteiger partial charge in [-0.3, -0.25) is 4.68 Å². The average molecular weight is 374 g/mol. The molecule has 0 radical (unpaired) electrons. The van der Waals surface area contributed by atoms with Crippen molar-refractivity contribution < 1.29 is 5.11 Å². The summed E-state index contributed by atoms with van der Waals surface area (Å²) in [7, 11) is 1.91. The van der Waals surface area contributed by atoms with Crippen molar-refractivity contribution in [2.24, 2.45) is 7.05 Å². The lowest BCUT2D eigenvalue weighted by atomic mass is 9.97. The molecule has 1 saturated heterocycles. The monoisotopic (exact) mass is 373 g/mol. The van der Waals surface area contributed by atoms with Crippen LogP contribution in [0.4, 0.5) is 0 Å². The van der Waals surface area contributed by atoms with Crippen LogP contribution in [-0.2, 0) is 13.6 Å². The Hall–Kier alpha value is -1.89. The molecule has 0 aliphatic carbocycles. The molecule has 4 rings (SSSR count). The summed E-state index contributed by atoms with van der Waals surface area (Å²) in [5.74, 6) is 0. The van der Waals surface area contributed by atoms with Crippen molar-refractivity contribution in [2.75, 3.05) is 6.54 Å². The Balaban J connectivity index is 1.57. The largest absolute Gasteiger partial charge is 0.392 e. The van der Waals surface area contributed by atoms with Crippen LogP contribution in [0.2, 0.25) is 5.02 Å². The fourth-order valence-electron chi connectivity index (χ4n) is 3.84. The van der Waals surface area contributed by atoms with Gasteiger partial charge in [0.25, 0.3) is 0 Å². The maximum Gasteiger partial charge on any atom is 0.0958 e. The zero-order chi connectivity index (χ0) is 18.1. The van der Waals surface area contributed by atoms with E-state index in [-0.39, 0.29) is 12.1 Å². The zero-order valence-electron chi connectivity index (χ0n) is 14.9. The highest BCUT2D eigenvalue weighted by atomic mass is 35.5. The first-order valence-electron chi connectivity index (χ1n) is 9.16. The number of hydrogen-bond acceptors (Lipinski definition) is 4. The van der Waals surface area contributed by atoms with Crippen LogP contribution in [0.3, 0.4) is 0 Å². The molecule has 3 heterocycles. The summed E-state index contributed by atoms with van der Waals surface area (Å²) >= 11 is 6.30. The molecule has 1 fully saturated rings. The number of benzene rings is 1. The van der Waals surface area contributed by atoms with E-state index in [9.17, 15) is 5.11 Å². The van der Waals surface area contributed by atoms with Crippen LogP contribution in [0.25, 0.3) is 22.2 Å². The van der Waals surface area contributed by atoms with E-state index >= 15 is 0 Å². The SMILES string of the molecule is Cn1cc(-c2cc(Cl)cc3ncn(CCC[C@H]4NCCC[C@@H]4O)c23)cn1. The van der Waals surface area contributed by atoms with Crippen molar-refractivity contribution in [2.45, 2.75) is 44.4 Å². The number of hydrogen-bond donors (Lipinski definition) is 2. The number of nitrogens with zero attached hydrogens (tertiary/aromatic N) is 4. The second kappa shape index (κ2) is 7.39. The van der Waals surface area contributed by atoms with Gasteiger partial charge in [0.2, 0.25) is 0 Å². The summed E-state index contributed by atoms with van der Waals surface area (Å²) < 4.78 is 3.97. The minimum atomic E-state index is -0.229. The Morgan fingerprint density at radius 1 is 1.38 bits per heavy atom. The van der Waals surface area contributed by atoms with E-state index in [4.69, 9.17) is 11.6 Å². The highest BCUT2D eigenvalue weighted by molar-refractivity contribution is 6.31. The minimum Gasteiger partial charge on any atom is -0.392 e. The molecule has 2 atom stereocenters. The van der Waals surface area contributed by atoms with Crippen LogP contribution in [-0.4, -0.2) is 43.1 Å². The number of nitrogens with one attached hydrogen (secondary N) is 1. The number of aliphatic hydroxyl groups excluding tert-OH is 1. The first kappa shape index (κ1) is 17.5. The van der Waals surface area contributed by atoms with Crippen LogP contribution in [0, 0.1) is 0 Å². The number of fused-ring (bicyclic) bond motifs is 1. The Bertz CT molecular complexity index is 903. The topological polar surface area (TPSA) is 67.9 Å². The van der Waals surface area contributed by atoms with E-state index in [1.165, 1.54) is 0 Å². The molecule has 6 nitrogen and oxygen atoms in total. The standard InChI is InChI=1S/C19H24ClN5O/c1-24-11-13(10-23-24)15-8-14(20)9-17-19(15)25(12-22-17)7-3-4-16-18(26)5-2-6-21-16/h8-12,16,18,21,26H,2-7H2,1H3/t16-,18+/m1/s1. The third kappa shape index (κ3) is 3.49. The maximum atomic E-state index is 10.1. The average Bonchev–Trinajstić information content (AvgIpc) is 3.22. The second-order valence-electron chi connectivity index (χ2n) is 7.07. The molecule has 0 bridgehead atoms. The van der Waals surface area contributed by atoms with Crippen molar-refractivity contribution in [3.8, 4) is 11.1 Å². The number of imidazole rings is 1. The van der Waals surface area contributed by atoms with E-state index in [2.05, 4.69) is 20.0 Å². The first-order valence-corrected chi connectivity index (χ1v) is 9.54. The van der Waals surface area contributed by atoms with Crippen LogP contribution in [0.15, 0.2) is 30.9 Å². The highest BCUT2D eigenvalue weighted by Gasteiger charge is 2.22. The molecule has 0 spiro atoms. The highest BCUT2D eigenvalue weighted by Crippen LogP contribution is 2.31. The van der Waals surface area contributed by atoms with Crippen molar-refractivity contribution in [1.29, 1.82) is 0 Å². The summed E-state index contributed by atoms with van der Waals surface area (Å²) in [6.07, 6.45) is 9.38. The van der Waals surface area contributed by atoms with Gasteiger partial charge in [-0.15, -0.1) is 0 Å². The third-order valence-electron chi connectivity index (χ3n) is 5.16. The van der Waals surface area contributed by atoms with Gasteiger partial charge in [0, 0.05) is 42.0 Å². The zero-order valence-corrected chi connectivity index (χ0v) is 15.7. The van der Waals surface area contributed by atoms with Gasteiger partial charge < -0.3 is 15.0 Å². The summed E-state index contributed by atoms with van der Waals surface area (Å²) in [6, 6.07) is 4.08. The van der Waals surface area contributed by atoms with Gasteiger partial charge in [0.15, 0.2) is 0 Å². The molecular weight excluding hydrogens is 350 g/mol. The summed E-state index contributed by atoms with van der Waals surface area (Å²) in [5, 5.41) is 18.5. The number of halogens is 1. The Kier molecular flexibility index (Phi) is 4.98. The Labute approximate surface area is 157 Å². The summed E-state index contributed by atoms with van der Waals surface area (Å²) in [4.78, 5) is 4.54. The first-order chi connectivity index (χ1) is 12.6. The molecule has 1 aromatic carbocycles. The molecule has 26 heavy (non-hydrogen) atoms. The van der Waals surface area contributed by atoms with E-state index in [1.807, 2.05) is 37.9 Å². The van der Waals surface area contributed by atoms with Crippen molar-refractivity contribution in [1.82, 2.24) is 24.6 Å². The minimum absolute atomic E-state index is 0.200. The molecule has 2 aromatic heterocycles. The quantitative estimate of drug-likeness (QED) is 0.721. The van der Waals surface area contributed by atoms with Gasteiger partial charge in [-0.25, -0.2) is 4.98 Å². The van der Waals surface area contributed by atoms with Gasteiger partial charge in [0.1, 0.15) is 0 Å². The van der Waals surface area contributed by atoms with Crippen molar-refractivity contribution in [3.05, 3.63) is 35.9 Å². The van der Waals surface area contributed by atoms with Gasteiger partial charge in [-0.1, -0.05) is 11.6 Å². The van der Waals surface area contributed by atoms with E-state index in [0.29, 0.717) is 5.02 Å². The molecule has 2 N–H and O–H groups in total. The van der Waals surface area contributed by atoms with Gasteiger partial charge in [0.05, 0.1) is 29.7 Å². The molecule has 0 saturated carbocycles. The Morgan fingerprint density at radius 3 is 3.04 bits per heavy atom. The molecule has 1 aliphatic rings. The summed E-state index contributed by atoms with van der Waals surface area (Å²) in [6.45, 7) is 1.86. The number of aromatic nitrogens is 4. The van der Waals surface area contributed by atoms with E-state index < -0.39 is 0 Å². The van der Waals surface area contributed by atoms with Crippen LogP contribution < -0.4 is 5.32 Å². The lowest BCUT2D eigenvalue weighted by Crippen LogP contribution is -2.44. The number of piperidine rings is 1. The second-order valence-corrected chi connectivity index (χ2v) is 7.51. The van der Waals surface area contributed by atoms with Crippen LogP contribution >= 0.6 is 11.6 Å². The van der Waals surface area contributed by atoms with E-state index in [1.54, 1.807) is 4.68 Å². The molecule has 3 aromatic rings. The van der Waals surface area contributed by atoms with Gasteiger partial charge >= 0.3 is 0 Å². The van der Waals surface area contributed by atoms with Crippen molar-refractivity contribution >= 4 is 22.6 Å². The maximum absolute atomic E-state index is 10.1.